The molecule has 0 fully saturated rings. The molecule has 0 amide bonds. The zero-order chi connectivity index (χ0) is 12.9. The van der Waals surface area contributed by atoms with E-state index in [1.807, 2.05) is 6.07 Å². The van der Waals surface area contributed by atoms with E-state index >= 15 is 0 Å². The molecule has 0 aliphatic rings. The number of hydrogen-bond donors (Lipinski definition) is 0. The lowest BCUT2D eigenvalue weighted by Gasteiger charge is -2.17. The van der Waals surface area contributed by atoms with Crippen LogP contribution in [0.25, 0.3) is 0 Å². The van der Waals surface area contributed by atoms with E-state index in [1.165, 1.54) is 0 Å². The third-order valence-corrected chi connectivity index (χ3v) is 2.71. The summed E-state index contributed by atoms with van der Waals surface area (Å²) in [6.07, 6.45) is 2.14. The van der Waals surface area contributed by atoms with Gasteiger partial charge in [-0.25, -0.2) is 0 Å². The largest absolute Gasteiger partial charge is 0.494 e. The monoisotopic (exact) mass is 251 g/mol. The molecule has 92 valence electrons. The highest BCUT2D eigenvalue weighted by molar-refractivity contribution is 6.31. The van der Waals surface area contributed by atoms with Gasteiger partial charge in [-0.15, -0.1) is 0 Å². The molecule has 3 heteroatoms. The summed E-state index contributed by atoms with van der Waals surface area (Å²) >= 11 is 5.91. The van der Waals surface area contributed by atoms with Crippen LogP contribution in [0.3, 0.4) is 0 Å². The maximum atomic E-state index is 8.74. The fraction of sp³-hybridized carbons (Fsp3) is 0.500. The predicted molar refractivity (Wildman–Crippen MR) is 70.4 cm³/mol. The van der Waals surface area contributed by atoms with Crippen LogP contribution in [-0.4, -0.2) is 6.61 Å². The van der Waals surface area contributed by atoms with Crippen LogP contribution in [0.1, 0.15) is 39.2 Å². The number of benzene rings is 1. The molecule has 0 saturated heterocycles. The topological polar surface area (TPSA) is 33.0 Å². The average molecular weight is 252 g/mol. The van der Waals surface area contributed by atoms with Crippen molar-refractivity contribution < 1.29 is 4.74 Å². The molecule has 1 aromatic rings. The molecule has 0 saturated carbocycles. The minimum Gasteiger partial charge on any atom is -0.494 e. The summed E-state index contributed by atoms with van der Waals surface area (Å²) in [6, 6.07) is 7.18. The summed E-state index contributed by atoms with van der Waals surface area (Å²) in [5.74, 6) is 0.725. The summed E-state index contributed by atoms with van der Waals surface area (Å²) in [4.78, 5) is 0. The molecule has 0 unspecified atom stereocenters. The van der Waals surface area contributed by atoms with E-state index in [1.54, 1.807) is 18.2 Å². The lowest BCUT2D eigenvalue weighted by atomic mass is 9.91. The number of rotatable bonds is 4. The van der Waals surface area contributed by atoms with Gasteiger partial charge in [0.05, 0.1) is 17.2 Å². The van der Waals surface area contributed by atoms with Gasteiger partial charge in [0.25, 0.3) is 0 Å². The Morgan fingerprint density at radius 1 is 1.35 bits per heavy atom. The zero-order valence-electron chi connectivity index (χ0n) is 10.6. The van der Waals surface area contributed by atoms with Gasteiger partial charge in [-0.05, 0) is 30.4 Å². The van der Waals surface area contributed by atoms with E-state index < -0.39 is 0 Å². The second-order valence-electron chi connectivity index (χ2n) is 5.27. The van der Waals surface area contributed by atoms with Gasteiger partial charge in [0, 0.05) is 6.07 Å². The van der Waals surface area contributed by atoms with E-state index in [4.69, 9.17) is 21.6 Å². The third kappa shape index (κ3) is 5.10. The molecule has 0 N–H and O–H groups in total. The van der Waals surface area contributed by atoms with Gasteiger partial charge in [0.1, 0.15) is 11.8 Å². The predicted octanol–water partition coefficient (Wildman–Crippen LogP) is 4.42. The van der Waals surface area contributed by atoms with Gasteiger partial charge in [-0.1, -0.05) is 32.4 Å². The molecular weight excluding hydrogens is 234 g/mol. The molecule has 0 aliphatic carbocycles. The minimum absolute atomic E-state index is 0.339. The summed E-state index contributed by atoms with van der Waals surface area (Å²) in [5, 5.41) is 9.18. The van der Waals surface area contributed by atoms with Crippen LogP contribution in [0.2, 0.25) is 5.02 Å². The Bertz CT molecular complexity index is 415. The minimum atomic E-state index is 0.339. The van der Waals surface area contributed by atoms with Crippen LogP contribution in [-0.2, 0) is 0 Å². The molecule has 17 heavy (non-hydrogen) atoms. The smallest absolute Gasteiger partial charge is 0.120 e. The molecule has 0 aliphatic heterocycles. The van der Waals surface area contributed by atoms with Crippen LogP contribution >= 0.6 is 11.6 Å². The number of halogens is 1. The third-order valence-electron chi connectivity index (χ3n) is 2.40. The molecule has 1 rings (SSSR count). The van der Waals surface area contributed by atoms with E-state index in [0.29, 0.717) is 22.6 Å². The second-order valence-corrected chi connectivity index (χ2v) is 5.67. The van der Waals surface area contributed by atoms with E-state index in [0.717, 1.165) is 18.6 Å². The summed E-state index contributed by atoms with van der Waals surface area (Å²) < 4.78 is 5.59. The highest BCUT2D eigenvalue weighted by atomic mass is 35.5. The summed E-state index contributed by atoms with van der Waals surface area (Å²) in [7, 11) is 0. The summed E-state index contributed by atoms with van der Waals surface area (Å²) in [6.45, 7) is 7.32. The number of nitriles is 1. The fourth-order valence-electron chi connectivity index (χ4n) is 1.47. The quantitative estimate of drug-likeness (QED) is 0.743. The molecular formula is C14H18ClNO. The standard InChI is InChI=1S/C14H18ClNO/c1-14(2,3)7-4-8-17-12-6-5-11(10-16)13(15)9-12/h5-6,9H,4,7-8H2,1-3H3. The Labute approximate surface area is 108 Å². The van der Waals surface area contributed by atoms with Crippen LogP contribution in [0.5, 0.6) is 5.75 Å². The first-order valence-corrected chi connectivity index (χ1v) is 6.12. The second kappa shape index (κ2) is 5.93. The first-order valence-electron chi connectivity index (χ1n) is 5.75. The first kappa shape index (κ1) is 13.9. The van der Waals surface area contributed by atoms with Crippen LogP contribution in [0, 0.1) is 16.7 Å². The van der Waals surface area contributed by atoms with Crippen molar-refractivity contribution >= 4 is 11.6 Å². The van der Waals surface area contributed by atoms with E-state index in [9.17, 15) is 0 Å². The van der Waals surface area contributed by atoms with E-state index in [2.05, 4.69) is 20.8 Å². The highest BCUT2D eigenvalue weighted by Crippen LogP contribution is 2.23. The Balaban J connectivity index is 2.43. The molecule has 0 bridgehead atoms. The molecule has 1 aromatic carbocycles. The van der Waals surface area contributed by atoms with Gasteiger partial charge in [0.2, 0.25) is 0 Å². The van der Waals surface area contributed by atoms with Crippen molar-refractivity contribution in [3.05, 3.63) is 28.8 Å². The number of hydrogen-bond acceptors (Lipinski definition) is 2. The maximum Gasteiger partial charge on any atom is 0.120 e. The SMILES string of the molecule is CC(C)(C)CCCOc1ccc(C#N)c(Cl)c1. The van der Waals surface area contributed by atoms with Crippen molar-refractivity contribution in [2.24, 2.45) is 5.41 Å². The Kier molecular flexibility index (Phi) is 4.84. The molecule has 0 heterocycles. The first-order chi connectivity index (χ1) is 7.92. The Morgan fingerprint density at radius 3 is 2.59 bits per heavy atom. The van der Waals surface area contributed by atoms with Crippen molar-refractivity contribution in [1.82, 2.24) is 0 Å². The molecule has 0 spiro atoms. The molecule has 0 aromatic heterocycles. The van der Waals surface area contributed by atoms with Crippen molar-refractivity contribution in [3.63, 3.8) is 0 Å². The van der Waals surface area contributed by atoms with Crippen molar-refractivity contribution in [1.29, 1.82) is 5.26 Å². The van der Waals surface area contributed by atoms with Crippen LogP contribution < -0.4 is 4.74 Å². The van der Waals surface area contributed by atoms with Gasteiger partial charge >= 0.3 is 0 Å². The lowest BCUT2D eigenvalue weighted by molar-refractivity contribution is 0.269. The van der Waals surface area contributed by atoms with Crippen LogP contribution in [0.4, 0.5) is 0 Å². The van der Waals surface area contributed by atoms with Gasteiger partial charge < -0.3 is 4.74 Å². The number of ether oxygens (including phenoxy) is 1. The Morgan fingerprint density at radius 2 is 2.06 bits per heavy atom. The molecule has 2 nitrogen and oxygen atoms in total. The van der Waals surface area contributed by atoms with E-state index in [-0.39, 0.29) is 0 Å². The van der Waals surface area contributed by atoms with Crippen LogP contribution in [0.15, 0.2) is 18.2 Å². The lowest BCUT2D eigenvalue weighted by Crippen LogP contribution is -2.07. The Hall–Kier alpha value is -1.20. The number of nitrogens with zero attached hydrogens (tertiary/aromatic N) is 1. The van der Waals surface area contributed by atoms with Gasteiger partial charge in [-0.2, -0.15) is 5.26 Å². The highest BCUT2D eigenvalue weighted by Gasteiger charge is 2.09. The van der Waals surface area contributed by atoms with Crippen molar-refractivity contribution in [2.75, 3.05) is 6.61 Å². The zero-order valence-corrected chi connectivity index (χ0v) is 11.3. The maximum absolute atomic E-state index is 8.74. The summed E-state index contributed by atoms with van der Waals surface area (Å²) in [5.41, 5.74) is 0.819. The molecule has 0 radical (unpaired) electrons. The molecule has 0 atom stereocenters. The normalized spacial score (nSPS) is 11.0. The van der Waals surface area contributed by atoms with Crippen molar-refractivity contribution in [2.45, 2.75) is 33.6 Å². The van der Waals surface area contributed by atoms with Gasteiger partial charge in [-0.3, -0.25) is 0 Å². The van der Waals surface area contributed by atoms with Gasteiger partial charge in [0.15, 0.2) is 0 Å². The fourth-order valence-corrected chi connectivity index (χ4v) is 1.68. The average Bonchev–Trinajstić information content (AvgIpc) is 2.23. The van der Waals surface area contributed by atoms with Crippen molar-refractivity contribution in [3.8, 4) is 11.8 Å².